The Bertz CT molecular complexity index is 403. The summed E-state index contributed by atoms with van der Waals surface area (Å²) in [6, 6.07) is 8.73. The smallest absolute Gasteiger partial charge is 0.0563 e. The van der Waals surface area contributed by atoms with Gasteiger partial charge in [0.15, 0.2) is 0 Å². The summed E-state index contributed by atoms with van der Waals surface area (Å²) in [6.07, 6.45) is 3.82. The van der Waals surface area contributed by atoms with Crippen LogP contribution in [0.5, 0.6) is 0 Å². The highest BCUT2D eigenvalue weighted by atomic mass is 15.1. The molecule has 1 aromatic rings. The van der Waals surface area contributed by atoms with Crippen LogP contribution in [0.1, 0.15) is 24.0 Å². The zero-order chi connectivity index (χ0) is 10.8. The van der Waals surface area contributed by atoms with Crippen LogP contribution in [0.4, 0.5) is 0 Å². The van der Waals surface area contributed by atoms with Crippen molar-refractivity contribution in [2.75, 3.05) is 26.2 Å². The number of hydrogen-bond acceptors (Lipinski definition) is 2. The van der Waals surface area contributed by atoms with Crippen LogP contribution in [0.15, 0.2) is 29.3 Å². The molecule has 0 radical (unpaired) electrons. The summed E-state index contributed by atoms with van der Waals surface area (Å²) in [5.74, 6) is 0. The third kappa shape index (κ3) is 1.90. The quantitative estimate of drug-likeness (QED) is 0.736. The summed E-state index contributed by atoms with van der Waals surface area (Å²) >= 11 is 0. The van der Waals surface area contributed by atoms with Crippen molar-refractivity contribution < 1.29 is 0 Å². The normalized spacial score (nSPS) is 20.6. The zero-order valence-corrected chi connectivity index (χ0v) is 9.65. The average Bonchev–Trinajstić information content (AvgIpc) is 2.82. The molecule has 1 fully saturated rings. The minimum atomic E-state index is 0.972. The SMILES string of the molecule is c1ccc2c(c1)CCN=C2CN1CCCC1. The van der Waals surface area contributed by atoms with Gasteiger partial charge in [0, 0.05) is 18.7 Å². The van der Waals surface area contributed by atoms with Gasteiger partial charge in [-0.1, -0.05) is 24.3 Å². The Morgan fingerprint density at radius 3 is 2.81 bits per heavy atom. The molecule has 0 spiro atoms. The molecule has 0 aromatic heterocycles. The number of nitrogens with zero attached hydrogens (tertiary/aromatic N) is 2. The number of fused-ring (bicyclic) bond motifs is 1. The van der Waals surface area contributed by atoms with Crippen LogP contribution < -0.4 is 0 Å². The van der Waals surface area contributed by atoms with Crippen LogP contribution in [0.2, 0.25) is 0 Å². The molecule has 2 heterocycles. The molecule has 16 heavy (non-hydrogen) atoms. The van der Waals surface area contributed by atoms with Crippen LogP contribution >= 0.6 is 0 Å². The molecule has 3 rings (SSSR count). The van der Waals surface area contributed by atoms with Crippen molar-refractivity contribution in [3.8, 4) is 0 Å². The number of rotatable bonds is 2. The van der Waals surface area contributed by atoms with Crippen LogP contribution in [0.25, 0.3) is 0 Å². The van der Waals surface area contributed by atoms with Crippen molar-refractivity contribution in [2.24, 2.45) is 4.99 Å². The lowest BCUT2D eigenvalue weighted by Crippen LogP contribution is -2.29. The second kappa shape index (κ2) is 4.38. The average molecular weight is 214 g/mol. The van der Waals surface area contributed by atoms with Crippen LogP contribution in [-0.4, -0.2) is 36.8 Å². The first kappa shape index (κ1) is 10.0. The van der Waals surface area contributed by atoms with Gasteiger partial charge in [0.05, 0.1) is 5.71 Å². The second-order valence-electron chi connectivity index (χ2n) is 4.72. The maximum atomic E-state index is 4.71. The van der Waals surface area contributed by atoms with Gasteiger partial charge < -0.3 is 0 Å². The van der Waals surface area contributed by atoms with Crippen molar-refractivity contribution in [1.82, 2.24) is 4.90 Å². The van der Waals surface area contributed by atoms with Crippen molar-refractivity contribution in [3.05, 3.63) is 35.4 Å². The van der Waals surface area contributed by atoms with E-state index in [-0.39, 0.29) is 0 Å². The van der Waals surface area contributed by atoms with Gasteiger partial charge >= 0.3 is 0 Å². The van der Waals surface area contributed by atoms with Crippen molar-refractivity contribution in [3.63, 3.8) is 0 Å². The van der Waals surface area contributed by atoms with E-state index in [0.29, 0.717) is 0 Å². The molecular weight excluding hydrogens is 196 g/mol. The summed E-state index contributed by atoms with van der Waals surface area (Å²) in [7, 11) is 0. The Kier molecular flexibility index (Phi) is 2.75. The maximum absolute atomic E-state index is 4.71. The minimum absolute atomic E-state index is 0.972. The molecule has 0 amide bonds. The molecule has 0 saturated carbocycles. The molecule has 2 heteroatoms. The number of likely N-dealkylation sites (tertiary alicyclic amines) is 1. The predicted octanol–water partition coefficient (Wildman–Crippen LogP) is 2.13. The van der Waals surface area contributed by atoms with E-state index in [4.69, 9.17) is 4.99 Å². The van der Waals surface area contributed by atoms with Gasteiger partial charge in [-0.2, -0.15) is 0 Å². The molecular formula is C14H18N2. The summed E-state index contributed by atoms with van der Waals surface area (Å²) in [5, 5.41) is 0. The fourth-order valence-corrected chi connectivity index (χ4v) is 2.70. The fourth-order valence-electron chi connectivity index (χ4n) is 2.70. The largest absolute Gasteiger partial charge is 0.298 e. The van der Waals surface area contributed by atoms with Gasteiger partial charge in [-0.3, -0.25) is 9.89 Å². The Balaban J connectivity index is 1.82. The summed E-state index contributed by atoms with van der Waals surface area (Å²) in [4.78, 5) is 7.24. The standard InChI is InChI=1S/C14H18N2/c1-2-6-13-12(5-1)7-8-15-14(13)11-16-9-3-4-10-16/h1-2,5-6H,3-4,7-11H2. The van der Waals surface area contributed by atoms with Crippen LogP contribution in [0, 0.1) is 0 Å². The lowest BCUT2D eigenvalue weighted by Gasteiger charge is -2.21. The highest BCUT2D eigenvalue weighted by Gasteiger charge is 2.18. The number of aliphatic imine (C=N–C) groups is 1. The highest BCUT2D eigenvalue weighted by Crippen LogP contribution is 2.17. The Hall–Kier alpha value is -1.15. The van der Waals surface area contributed by atoms with Gasteiger partial charge in [-0.15, -0.1) is 0 Å². The third-order valence-corrected chi connectivity index (χ3v) is 3.58. The lowest BCUT2D eigenvalue weighted by molar-refractivity contribution is 0.388. The summed E-state index contributed by atoms with van der Waals surface area (Å²) in [6.45, 7) is 4.53. The fraction of sp³-hybridized carbons (Fsp3) is 0.500. The molecule has 0 bridgehead atoms. The van der Waals surface area contributed by atoms with Crippen molar-refractivity contribution in [1.29, 1.82) is 0 Å². The summed E-state index contributed by atoms with van der Waals surface area (Å²) < 4.78 is 0. The van der Waals surface area contributed by atoms with E-state index in [1.54, 1.807) is 0 Å². The molecule has 2 nitrogen and oxygen atoms in total. The predicted molar refractivity (Wildman–Crippen MR) is 67.2 cm³/mol. The van der Waals surface area contributed by atoms with E-state index < -0.39 is 0 Å². The first-order chi connectivity index (χ1) is 7.93. The van der Waals surface area contributed by atoms with E-state index in [0.717, 1.165) is 19.5 Å². The molecule has 0 aliphatic carbocycles. The first-order valence-electron chi connectivity index (χ1n) is 6.27. The van der Waals surface area contributed by atoms with Gasteiger partial charge in [0.25, 0.3) is 0 Å². The molecule has 1 aromatic carbocycles. The molecule has 84 valence electrons. The molecule has 2 aliphatic heterocycles. The molecule has 1 saturated heterocycles. The minimum Gasteiger partial charge on any atom is -0.298 e. The van der Waals surface area contributed by atoms with Gasteiger partial charge in [0.1, 0.15) is 0 Å². The first-order valence-corrected chi connectivity index (χ1v) is 6.27. The van der Waals surface area contributed by atoms with E-state index in [1.165, 1.54) is 42.8 Å². The van der Waals surface area contributed by atoms with Gasteiger partial charge in [0.2, 0.25) is 0 Å². The van der Waals surface area contributed by atoms with Gasteiger partial charge in [-0.05, 0) is 37.9 Å². The van der Waals surface area contributed by atoms with E-state index >= 15 is 0 Å². The number of hydrogen-bond donors (Lipinski definition) is 0. The molecule has 0 atom stereocenters. The number of benzene rings is 1. The molecule has 0 N–H and O–H groups in total. The van der Waals surface area contributed by atoms with Crippen LogP contribution in [0.3, 0.4) is 0 Å². The summed E-state index contributed by atoms with van der Waals surface area (Å²) in [5.41, 5.74) is 4.18. The Morgan fingerprint density at radius 2 is 1.94 bits per heavy atom. The third-order valence-electron chi connectivity index (χ3n) is 3.58. The highest BCUT2D eigenvalue weighted by molar-refractivity contribution is 6.04. The van der Waals surface area contributed by atoms with Crippen molar-refractivity contribution >= 4 is 5.71 Å². The molecule has 0 unspecified atom stereocenters. The van der Waals surface area contributed by atoms with E-state index in [1.807, 2.05) is 0 Å². The van der Waals surface area contributed by atoms with Crippen molar-refractivity contribution in [2.45, 2.75) is 19.3 Å². The second-order valence-corrected chi connectivity index (χ2v) is 4.72. The Labute approximate surface area is 97.0 Å². The monoisotopic (exact) mass is 214 g/mol. The van der Waals surface area contributed by atoms with Gasteiger partial charge in [-0.25, -0.2) is 0 Å². The Morgan fingerprint density at radius 1 is 1.12 bits per heavy atom. The molecule has 2 aliphatic rings. The maximum Gasteiger partial charge on any atom is 0.0563 e. The topological polar surface area (TPSA) is 15.6 Å². The lowest BCUT2D eigenvalue weighted by atomic mass is 9.97. The van der Waals surface area contributed by atoms with E-state index in [9.17, 15) is 0 Å². The zero-order valence-electron chi connectivity index (χ0n) is 9.65. The van der Waals surface area contributed by atoms with Crippen LogP contribution in [-0.2, 0) is 6.42 Å². The van der Waals surface area contributed by atoms with E-state index in [2.05, 4.69) is 29.2 Å².